The van der Waals surface area contributed by atoms with Gasteiger partial charge in [0.05, 0.1) is 34.1 Å². The molecule has 0 bridgehead atoms. The van der Waals surface area contributed by atoms with Crippen molar-refractivity contribution in [1.29, 1.82) is 5.26 Å². The van der Waals surface area contributed by atoms with Crippen LogP contribution < -0.4 is 10.6 Å². The van der Waals surface area contributed by atoms with Gasteiger partial charge in [-0.15, -0.1) is 0 Å². The van der Waals surface area contributed by atoms with Crippen LogP contribution in [0.15, 0.2) is 47.5 Å². The molecule has 0 spiro atoms. The van der Waals surface area contributed by atoms with Crippen LogP contribution in [-0.4, -0.2) is 20.3 Å². The summed E-state index contributed by atoms with van der Waals surface area (Å²) in [5, 5.41) is 16.2. The molecule has 23 heavy (non-hydrogen) atoms. The molecule has 0 fully saturated rings. The zero-order chi connectivity index (χ0) is 16.7. The summed E-state index contributed by atoms with van der Waals surface area (Å²) >= 11 is 6.28. The Balaban J connectivity index is 2.19. The second-order valence-corrected chi connectivity index (χ2v) is 5.44. The summed E-state index contributed by atoms with van der Waals surface area (Å²) in [6.45, 7) is 0. The van der Waals surface area contributed by atoms with E-state index in [1.165, 1.54) is 0 Å². The first-order valence-corrected chi connectivity index (χ1v) is 7.72. The van der Waals surface area contributed by atoms with Gasteiger partial charge in [-0.25, -0.2) is 0 Å². The molecule has 0 aliphatic rings. The topological polar surface area (TPSA) is 60.2 Å². The number of para-hydroxylation sites is 1. The highest BCUT2D eigenvalue weighted by molar-refractivity contribution is 6.35. The molecule has 0 saturated carbocycles. The molecule has 0 aliphatic carbocycles. The van der Waals surface area contributed by atoms with Crippen molar-refractivity contribution in [3.63, 3.8) is 0 Å². The summed E-state index contributed by atoms with van der Waals surface area (Å²) in [5.74, 6) is -0.300. The number of hydrogen-bond acceptors (Lipinski definition) is 4. The van der Waals surface area contributed by atoms with Gasteiger partial charge in [-0.05, 0) is 36.2 Å². The number of anilines is 2. The van der Waals surface area contributed by atoms with Crippen LogP contribution in [0.25, 0.3) is 0 Å². The summed E-state index contributed by atoms with van der Waals surface area (Å²) in [7, 11) is 3.64. The second-order valence-electron chi connectivity index (χ2n) is 5.06. The Labute approximate surface area is 141 Å². The largest absolute Gasteiger partial charge is 0.387 e. The van der Waals surface area contributed by atoms with Gasteiger partial charge in [0.1, 0.15) is 0 Å². The Morgan fingerprint density at radius 3 is 2.30 bits per heavy atom. The van der Waals surface area contributed by atoms with Crippen LogP contribution in [-0.2, 0) is 6.42 Å². The van der Waals surface area contributed by atoms with Crippen LogP contribution >= 0.6 is 11.6 Å². The zero-order valence-corrected chi connectivity index (χ0v) is 13.9. The van der Waals surface area contributed by atoms with E-state index in [4.69, 9.17) is 11.6 Å². The average molecular weight is 327 g/mol. The van der Waals surface area contributed by atoms with Gasteiger partial charge in [-0.2, -0.15) is 5.26 Å². The minimum absolute atomic E-state index is 0.300. The van der Waals surface area contributed by atoms with Crippen molar-refractivity contribution in [1.82, 2.24) is 0 Å². The van der Waals surface area contributed by atoms with Crippen molar-refractivity contribution in [2.24, 2.45) is 10.9 Å². The number of aliphatic imine (C=N–C) groups is 1. The van der Waals surface area contributed by atoms with Gasteiger partial charge < -0.3 is 10.6 Å². The van der Waals surface area contributed by atoms with E-state index in [9.17, 15) is 5.26 Å². The molecule has 4 nitrogen and oxygen atoms in total. The highest BCUT2D eigenvalue weighted by atomic mass is 35.5. The Hall–Kier alpha value is -2.51. The molecule has 0 radical (unpaired) electrons. The number of nitriles is 1. The number of nitrogens with zero attached hydrogens (tertiary/aromatic N) is 2. The predicted molar refractivity (Wildman–Crippen MR) is 97.9 cm³/mol. The molecule has 0 saturated heterocycles. The maximum absolute atomic E-state index is 9.37. The third-order valence-corrected chi connectivity index (χ3v) is 3.86. The minimum atomic E-state index is -0.300. The van der Waals surface area contributed by atoms with Gasteiger partial charge in [-0.3, -0.25) is 4.99 Å². The first-order chi connectivity index (χ1) is 11.2. The molecule has 1 atom stereocenters. The van der Waals surface area contributed by atoms with Crippen LogP contribution in [0.5, 0.6) is 0 Å². The molecule has 2 aromatic carbocycles. The summed E-state index contributed by atoms with van der Waals surface area (Å²) in [4.78, 5) is 4.37. The molecule has 0 amide bonds. The van der Waals surface area contributed by atoms with E-state index in [1.807, 2.05) is 56.6 Å². The lowest BCUT2D eigenvalue weighted by Crippen LogP contribution is -2.05. The fraction of sp³-hybridized carbons (Fsp3) is 0.222. The van der Waals surface area contributed by atoms with E-state index in [-0.39, 0.29) is 5.92 Å². The molecule has 0 aliphatic heterocycles. The first kappa shape index (κ1) is 16.9. The monoisotopic (exact) mass is 326 g/mol. The number of rotatable bonds is 6. The van der Waals surface area contributed by atoms with E-state index in [1.54, 1.807) is 6.21 Å². The normalized spacial score (nSPS) is 11.9. The highest BCUT2D eigenvalue weighted by Gasteiger charge is 2.11. The average Bonchev–Trinajstić information content (AvgIpc) is 2.60. The van der Waals surface area contributed by atoms with Crippen molar-refractivity contribution < 1.29 is 0 Å². The smallest absolute Gasteiger partial charge is 0.0868 e. The molecular formula is C18H19ClN4. The molecule has 118 valence electrons. The molecule has 1 unspecified atom stereocenters. The predicted octanol–water partition coefficient (Wildman–Crippen LogP) is 4.51. The Morgan fingerprint density at radius 2 is 1.78 bits per heavy atom. The van der Waals surface area contributed by atoms with Gasteiger partial charge in [0.2, 0.25) is 0 Å². The minimum Gasteiger partial charge on any atom is -0.387 e. The van der Waals surface area contributed by atoms with Gasteiger partial charge >= 0.3 is 0 Å². The standard InChI is InChI=1S/C18H19ClN4/c1-21-16-9-13(10-17(22-2)18(16)19)8-14(11-20)12-23-15-6-4-3-5-7-15/h3-7,9-10,12,14,21-22H,8H2,1-2H3. The highest BCUT2D eigenvalue weighted by Crippen LogP contribution is 2.32. The van der Waals surface area contributed by atoms with Crippen LogP contribution in [0.4, 0.5) is 17.1 Å². The molecule has 2 rings (SSSR count). The third-order valence-electron chi connectivity index (χ3n) is 3.45. The summed E-state index contributed by atoms with van der Waals surface area (Å²) < 4.78 is 0. The van der Waals surface area contributed by atoms with Crippen LogP contribution in [0.1, 0.15) is 5.56 Å². The van der Waals surface area contributed by atoms with Crippen molar-refractivity contribution in [3.8, 4) is 6.07 Å². The van der Waals surface area contributed by atoms with E-state index in [0.717, 1.165) is 22.6 Å². The van der Waals surface area contributed by atoms with Gasteiger partial charge in [0, 0.05) is 20.3 Å². The summed E-state index contributed by atoms with van der Waals surface area (Å²) in [6.07, 6.45) is 2.27. The molecule has 2 aromatic rings. The Bertz CT molecular complexity index is 695. The fourth-order valence-electron chi connectivity index (χ4n) is 2.24. The van der Waals surface area contributed by atoms with Crippen molar-refractivity contribution in [3.05, 3.63) is 53.1 Å². The van der Waals surface area contributed by atoms with E-state index in [2.05, 4.69) is 21.7 Å². The van der Waals surface area contributed by atoms with E-state index >= 15 is 0 Å². The summed E-state index contributed by atoms with van der Waals surface area (Å²) in [6, 6.07) is 15.8. The lowest BCUT2D eigenvalue weighted by Gasteiger charge is -2.13. The molecular weight excluding hydrogens is 308 g/mol. The zero-order valence-electron chi connectivity index (χ0n) is 13.2. The third kappa shape index (κ3) is 4.48. The van der Waals surface area contributed by atoms with Crippen LogP contribution in [0.2, 0.25) is 5.02 Å². The number of benzene rings is 2. The summed E-state index contributed by atoms with van der Waals surface area (Å²) in [5.41, 5.74) is 3.54. The maximum atomic E-state index is 9.37. The molecule has 0 aromatic heterocycles. The van der Waals surface area contributed by atoms with Crippen LogP contribution in [0, 0.1) is 17.2 Å². The Morgan fingerprint density at radius 1 is 1.17 bits per heavy atom. The maximum Gasteiger partial charge on any atom is 0.0868 e. The number of nitrogens with one attached hydrogen (secondary N) is 2. The lowest BCUT2D eigenvalue weighted by molar-refractivity contribution is 0.880. The lowest BCUT2D eigenvalue weighted by atomic mass is 10.0. The van der Waals surface area contributed by atoms with Crippen molar-refractivity contribution >= 4 is 34.9 Å². The quantitative estimate of drug-likeness (QED) is 0.768. The molecule has 0 heterocycles. The Kier molecular flexibility index (Phi) is 6.02. The molecule has 5 heteroatoms. The van der Waals surface area contributed by atoms with E-state index in [0.29, 0.717) is 11.4 Å². The number of hydrogen-bond donors (Lipinski definition) is 2. The SMILES string of the molecule is CNc1cc(CC(C#N)C=Nc2ccccc2)cc(NC)c1Cl. The van der Waals surface area contributed by atoms with Gasteiger partial charge in [0.25, 0.3) is 0 Å². The van der Waals surface area contributed by atoms with E-state index < -0.39 is 0 Å². The molecule has 2 N–H and O–H groups in total. The number of halogens is 1. The van der Waals surface area contributed by atoms with Crippen molar-refractivity contribution in [2.45, 2.75) is 6.42 Å². The van der Waals surface area contributed by atoms with Gasteiger partial charge in [0.15, 0.2) is 0 Å². The van der Waals surface area contributed by atoms with Gasteiger partial charge in [-0.1, -0.05) is 29.8 Å². The first-order valence-electron chi connectivity index (χ1n) is 7.34. The van der Waals surface area contributed by atoms with Crippen LogP contribution in [0.3, 0.4) is 0 Å². The second kappa shape index (κ2) is 8.21. The fourth-order valence-corrected chi connectivity index (χ4v) is 2.54. The van der Waals surface area contributed by atoms with Crippen molar-refractivity contribution in [2.75, 3.05) is 24.7 Å².